The van der Waals surface area contributed by atoms with Crippen LogP contribution in [0.15, 0.2) is 30.5 Å². The van der Waals surface area contributed by atoms with Gasteiger partial charge < -0.3 is 11.1 Å². The average Bonchev–Trinajstić information content (AvgIpc) is 3.08. The molecule has 0 saturated heterocycles. The molecule has 0 radical (unpaired) electrons. The summed E-state index contributed by atoms with van der Waals surface area (Å²) in [5.74, 6) is 0. The lowest BCUT2D eigenvalue weighted by Gasteiger charge is -2.13. The molecule has 3 rings (SSSR count). The minimum absolute atomic E-state index is 0.489. The van der Waals surface area contributed by atoms with Crippen LogP contribution in [0.5, 0.6) is 0 Å². The fourth-order valence-electron chi connectivity index (χ4n) is 2.04. The molecule has 17 heavy (non-hydrogen) atoms. The Kier molecular flexibility index (Phi) is 2.21. The number of rotatable bonds is 3. The van der Waals surface area contributed by atoms with Gasteiger partial charge in [-0.3, -0.25) is 4.98 Å². The third-order valence-corrected chi connectivity index (χ3v) is 3.61. The highest BCUT2D eigenvalue weighted by molar-refractivity contribution is 5.98. The van der Waals surface area contributed by atoms with Crippen molar-refractivity contribution in [2.75, 3.05) is 17.6 Å². The highest BCUT2D eigenvalue weighted by Gasteiger charge is 2.36. The molecule has 1 aromatic heterocycles. The zero-order valence-corrected chi connectivity index (χ0v) is 10.0. The number of anilines is 2. The summed E-state index contributed by atoms with van der Waals surface area (Å²) < 4.78 is 0. The second kappa shape index (κ2) is 3.62. The van der Waals surface area contributed by atoms with E-state index in [-0.39, 0.29) is 0 Å². The van der Waals surface area contributed by atoms with Crippen LogP contribution in [0.3, 0.4) is 0 Å². The number of fused-ring (bicyclic) bond motifs is 1. The maximum absolute atomic E-state index is 5.95. The second-order valence-corrected chi connectivity index (χ2v) is 5.27. The van der Waals surface area contributed by atoms with E-state index in [9.17, 15) is 0 Å². The lowest BCUT2D eigenvalue weighted by atomic mass is 10.1. The van der Waals surface area contributed by atoms with Crippen LogP contribution >= 0.6 is 0 Å². The summed E-state index contributed by atoms with van der Waals surface area (Å²) in [5, 5.41) is 4.53. The summed E-state index contributed by atoms with van der Waals surface area (Å²) in [6, 6.07) is 7.91. The molecule has 1 aliphatic carbocycles. The first-order valence-electron chi connectivity index (χ1n) is 6.05. The van der Waals surface area contributed by atoms with Gasteiger partial charge in [-0.1, -0.05) is 6.92 Å². The summed E-state index contributed by atoms with van der Waals surface area (Å²) in [7, 11) is 0. The molecule has 0 amide bonds. The zero-order valence-electron chi connectivity index (χ0n) is 10.0. The van der Waals surface area contributed by atoms with Crippen molar-refractivity contribution in [2.45, 2.75) is 19.8 Å². The van der Waals surface area contributed by atoms with Crippen LogP contribution in [0.4, 0.5) is 11.4 Å². The highest BCUT2D eigenvalue weighted by atomic mass is 14.9. The van der Waals surface area contributed by atoms with Crippen molar-refractivity contribution in [2.24, 2.45) is 5.41 Å². The predicted octanol–water partition coefficient (Wildman–Crippen LogP) is 3.03. The van der Waals surface area contributed by atoms with Crippen molar-refractivity contribution in [1.82, 2.24) is 4.98 Å². The minimum atomic E-state index is 0.489. The van der Waals surface area contributed by atoms with Crippen molar-refractivity contribution >= 4 is 22.3 Å². The molecule has 2 aromatic rings. The van der Waals surface area contributed by atoms with Gasteiger partial charge in [0, 0.05) is 23.8 Å². The Labute approximate surface area is 101 Å². The van der Waals surface area contributed by atoms with E-state index in [0.717, 1.165) is 28.8 Å². The first-order valence-corrected chi connectivity index (χ1v) is 6.05. The fourth-order valence-corrected chi connectivity index (χ4v) is 2.04. The second-order valence-electron chi connectivity index (χ2n) is 5.27. The van der Waals surface area contributed by atoms with E-state index in [0.29, 0.717) is 5.41 Å². The molecule has 0 bridgehead atoms. The van der Waals surface area contributed by atoms with E-state index in [4.69, 9.17) is 5.73 Å². The van der Waals surface area contributed by atoms with E-state index >= 15 is 0 Å². The van der Waals surface area contributed by atoms with E-state index in [1.165, 1.54) is 12.8 Å². The number of benzene rings is 1. The molecule has 1 fully saturated rings. The highest BCUT2D eigenvalue weighted by Crippen LogP contribution is 2.45. The summed E-state index contributed by atoms with van der Waals surface area (Å²) in [5.41, 5.74) is 9.28. The van der Waals surface area contributed by atoms with Crippen molar-refractivity contribution in [3.63, 3.8) is 0 Å². The number of pyridine rings is 1. The van der Waals surface area contributed by atoms with Crippen LogP contribution in [0.25, 0.3) is 10.9 Å². The van der Waals surface area contributed by atoms with Gasteiger partial charge in [0.15, 0.2) is 0 Å². The van der Waals surface area contributed by atoms with Gasteiger partial charge in [0.2, 0.25) is 0 Å². The van der Waals surface area contributed by atoms with Crippen LogP contribution in [-0.4, -0.2) is 11.5 Å². The molecule has 3 nitrogen and oxygen atoms in total. The van der Waals surface area contributed by atoms with Gasteiger partial charge in [-0.25, -0.2) is 0 Å². The lowest BCUT2D eigenvalue weighted by molar-refractivity contribution is 0.611. The Balaban J connectivity index is 1.96. The standard InChI is InChI=1S/C14H17N3/c1-14(6-7-14)9-17-12-5-4-11(15)10-3-2-8-16-13(10)12/h2-5,8,17H,6-7,9,15H2,1H3. The SMILES string of the molecule is CC1(CNc2ccc(N)c3cccnc23)CC1. The van der Waals surface area contributed by atoms with E-state index in [2.05, 4.69) is 17.2 Å². The predicted molar refractivity (Wildman–Crippen MR) is 72.0 cm³/mol. The number of nitrogens with two attached hydrogens (primary N) is 1. The number of nitrogen functional groups attached to an aromatic ring is 1. The molecule has 0 unspecified atom stereocenters. The normalized spacial score (nSPS) is 17.0. The first-order chi connectivity index (χ1) is 8.18. The zero-order chi connectivity index (χ0) is 11.9. The van der Waals surface area contributed by atoms with Gasteiger partial charge >= 0.3 is 0 Å². The number of hydrogen-bond donors (Lipinski definition) is 2. The van der Waals surface area contributed by atoms with Crippen LogP contribution in [-0.2, 0) is 0 Å². The van der Waals surface area contributed by atoms with Gasteiger partial charge in [-0.05, 0) is 42.5 Å². The Morgan fingerprint density at radius 1 is 1.35 bits per heavy atom. The van der Waals surface area contributed by atoms with Crippen molar-refractivity contribution in [3.05, 3.63) is 30.5 Å². The van der Waals surface area contributed by atoms with Crippen molar-refractivity contribution in [1.29, 1.82) is 0 Å². The maximum atomic E-state index is 5.95. The first kappa shape index (κ1) is 10.4. The van der Waals surface area contributed by atoms with Gasteiger partial charge in [0.25, 0.3) is 0 Å². The van der Waals surface area contributed by atoms with Gasteiger partial charge in [0.05, 0.1) is 11.2 Å². The molecule has 1 aliphatic rings. The summed E-state index contributed by atoms with van der Waals surface area (Å²) in [6.07, 6.45) is 4.45. The Morgan fingerprint density at radius 2 is 2.18 bits per heavy atom. The third-order valence-electron chi connectivity index (χ3n) is 3.61. The van der Waals surface area contributed by atoms with Crippen LogP contribution < -0.4 is 11.1 Å². The monoisotopic (exact) mass is 227 g/mol. The van der Waals surface area contributed by atoms with Crippen molar-refractivity contribution < 1.29 is 0 Å². The van der Waals surface area contributed by atoms with E-state index in [1.54, 1.807) is 0 Å². The molecular formula is C14H17N3. The maximum Gasteiger partial charge on any atom is 0.0953 e. The molecule has 0 aliphatic heterocycles. The lowest BCUT2D eigenvalue weighted by Crippen LogP contribution is -2.12. The molecule has 88 valence electrons. The molecular weight excluding hydrogens is 210 g/mol. The fraction of sp³-hybridized carbons (Fsp3) is 0.357. The quantitative estimate of drug-likeness (QED) is 0.792. The van der Waals surface area contributed by atoms with Gasteiger partial charge in [-0.2, -0.15) is 0 Å². The number of aromatic nitrogens is 1. The minimum Gasteiger partial charge on any atom is -0.398 e. The largest absolute Gasteiger partial charge is 0.398 e. The molecule has 1 aromatic carbocycles. The topological polar surface area (TPSA) is 50.9 Å². The van der Waals surface area contributed by atoms with Crippen LogP contribution in [0, 0.1) is 5.41 Å². The van der Waals surface area contributed by atoms with E-state index in [1.807, 2.05) is 30.5 Å². The third kappa shape index (κ3) is 1.93. The summed E-state index contributed by atoms with van der Waals surface area (Å²) in [4.78, 5) is 4.42. The average molecular weight is 227 g/mol. The molecule has 3 heteroatoms. The van der Waals surface area contributed by atoms with Crippen LogP contribution in [0.2, 0.25) is 0 Å². The van der Waals surface area contributed by atoms with E-state index < -0.39 is 0 Å². The number of nitrogens with one attached hydrogen (secondary N) is 1. The number of hydrogen-bond acceptors (Lipinski definition) is 3. The van der Waals surface area contributed by atoms with Gasteiger partial charge in [0.1, 0.15) is 0 Å². The summed E-state index contributed by atoms with van der Waals surface area (Å²) >= 11 is 0. The summed E-state index contributed by atoms with van der Waals surface area (Å²) in [6.45, 7) is 3.33. The molecule has 1 saturated carbocycles. The molecule has 0 atom stereocenters. The van der Waals surface area contributed by atoms with Crippen LogP contribution in [0.1, 0.15) is 19.8 Å². The smallest absolute Gasteiger partial charge is 0.0953 e. The molecule has 3 N–H and O–H groups in total. The number of nitrogens with zero attached hydrogens (tertiary/aromatic N) is 1. The molecule has 1 heterocycles. The Hall–Kier alpha value is -1.77. The van der Waals surface area contributed by atoms with Gasteiger partial charge in [-0.15, -0.1) is 0 Å². The molecule has 0 spiro atoms. The Bertz CT molecular complexity index is 558. The Morgan fingerprint density at radius 3 is 2.94 bits per heavy atom. The van der Waals surface area contributed by atoms with Crippen molar-refractivity contribution in [3.8, 4) is 0 Å².